The van der Waals surface area contributed by atoms with E-state index in [4.69, 9.17) is 4.74 Å². The third-order valence-corrected chi connectivity index (χ3v) is 3.56. The summed E-state index contributed by atoms with van der Waals surface area (Å²) in [6, 6.07) is 9.64. The molecule has 2 heterocycles. The summed E-state index contributed by atoms with van der Waals surface area (Å²) in [4.78, 5) is 16.4. The minimum absolute atomic E-state index is 0.0225. The maximum Gasteiger partial charge on any atom is 0.262 e. The molecule has 1 aromatic carbocycles. The molecule has 23 heavy (non-hydrogen) atoms. The van der Waals surface area contributed by atoms with Crippen LogP contribution in [0.2, 0.25) is 0 Å². The summed E-state index contributed by atoms with van der Waals surface area (Å²) in [5.41, 5.74) is 4.62. The van der Waals surface area contributed by atoms with Gasteiger partial charge >= 0.3 is 0 Å². The van der Waals surface area contributed by atoms with Crippen LogP contribution >= 0.6 is 0 Å². The van der Waals surface area contributed by atoms with Crippen molar-refractivity contribution in [3.8, 4) is 5.75 Å². The van der Waals surface area contributed by atoms with Gasteiger partial charge in [0.15, 0.2) is 6.61 Å². The second-order valence-corrected chi connectivity index (χ2v) is 5.67. The Kier molecular flexibility index (Phi) is 4.02. The Morgan fingerprint density at radius 1 is 1.17 bits per heavy atom. The number of carbonyl (C=O) groups excluding carboxylic acids is 1. The number of amides is 1. The lowest BCUT2D eigenvalue weighted by Crippen LogP contribution is -2.20. The molecule has 5 heteroatoms. The van der Waals surface area contributed by atoms with E-state index in [2.05, 4.69) is 10.3 Å². The van der Waals surface area contributed by atoms with Gasteiger partial charge in [-0.05, 0) is 50.1 Å². The highest BCUT2D eigenvalue weighted by Gasteiger charge is 2.07. The number of benzene rings is 1. The van der Waals surface area contributed by atoms with Gasteiger partial charge < -0.3 is 14.5 Å². The number of aryl methyl sites for hydroxylation is 3. The number of hydrogen-bond donors (Lipinski definition) is 1. The molecule has 2 aromatic heterocycles. The molecule has 0 bridgehead atoms. The fourth-order valence-electron chi connectivity index (χ4n) is 2.40. The first-order valence-corrected chi connectivity index (χ1v) is 7.46. The van der Waals surface area contributed by atoms with Gasteiger partial charge in [0.25, 0.3) is 5.91 Å². The summed E-state index contributed by atoms with van der Waals surface area (Å²) in [5, 5.41) is 2.84. The molecule has 0 spiro atoms. The second kappa shape index (κ2) is 6.12. The molecule has 0 saturated carbocycles. The van der Waals surface area contributed by atoms with E-state index in [-0.39, 0.29) is 12.5 Å². The number of nitrogens with zero attached hydrogens (tertiary/aromatic N) is 2. The molecule has 0 aliphatic rings. The van der Waals surface area contributed by atoms with Crippen molar-refractivity contribution in [3.05, 3.63) is 59.5 Å². The average molecular weight is 309 g/mol. The molecule has 1 amide bonds. The largest absolute Gasteiger partial charge is 0.483 e. The van der Waals surface area contributed by atoms with E-state index >= 15 is 0 Å². The minimum atomic E-state index is -0.193. The third kappa shape index (κ3) is 3.51. The van der Waals surface area contributed by atoms with Gasteiger partial charge in [-0.25, -0.2) is 4.98 Å². The zero-order valence-electron chi connectivity index (χ0n) is 13.5. The molecule has 3 rings (SSSR count). The number of fused-ring (bicyclic) bond motifs is 1. The topological polar surface area (TPSA) is 55.6 Å². The van der Waals surface area contributed by atoms with Crippen molar-refractivity contribution in [1.82, 2.24) is 9.38 Å². The Bertz CT molecular complexity index is 868. The van der Waals surface area contributed by atoms with Crippen LogP contribution in [0.3, 0.4) is 0 Å². The number of aromatic nitrogens is 2. The van der Waals surface area contributed by atoms with Crippen LogP contribution in [0.5, 0.6) is 5.75 Å². The van der Waals surface area contributed by atoms with Gasteiger partial charge in [0, 0.05) is 12.4 Å². The van der Waals surface area contributed by atoms with Crippen LogP contribution in [-0.2, 0) is 4.79 Å². The van der Waals surface area contributed by atoms with Crippen LogP contribution in [0, 0.1) is 20.8 Å². The van der Waals surface area contributed by atoms with Crippen molar-refractivity contribution in [2.45, 2.75) is 20.8 Å². The molecular weight excluding hydrogens is 290 g/mol. The second-order valence-electron chi connectivity index (χ2n) is 5.67. The van der Waals surface area contributed by atoms with Crippen molar-refractivity contribution >= 4 is 17.2 Å². The van der Waals surface area contributed by atoms with Gasteiger partial charge in [-0.15, -0.1) is 0 Å². The van der Waals surface area contributed by atoms with E-state index < -0.39 is 0 Å². The third-order valence-electron chi connectivity index (χ3n) is 3.56. The summed E-state index contributed by atoms with van der Waals surface area (Å²) in [6.07, 6.45) is 3.75. The molecule has 1 N–H and O–H groups in total. The van der Waals surface area contributed by atoms with Crippen LogP contribution in [0.1, 0.15) is 16.8 Å². The van der Waals surface area contributed by atoms with Crippen LogP contribution < -0.4 is 10.1 Å². The Morgan fingerprint density at radius 2 is 2.00 bits per heavy atom. The lowest BCUT2D eigenvalue weighted by Gasteiger charge is -2.10. The highest BCUT2D eigenvalue weighted by molar-refractivity contribution is 5.91. The number of anilines is 1. The van der Waals surface area contributed by atoms with Crippen molar-refractivity contribution in [2.24, 2.45) is 0 Å². The molecule has 5 nitrogen and oxygen atoms in total. The normalized spacial score (nSPS) is 10.7. The number of pyridine rings is 1. The van der Waals surface area contributed by atoms with Gasteiger partial charge in [0.1, 0.15) is 11.4 Å². The van der Waals surface area contributed by atoms with Crippen LogP contribution in [0.4, 0.5) is 5.69 Å². The van der Waals surface area contributed by atoms with Crippen molar-refractivity contribution in [1.29, 1.82) is 0 Å². The highest BCUT2D eigenvalue weighted by atomic mass is 16.5. The molecule has 0 radical (unpaired) electrons. The maximum absolute atomic E-state index is 12.1. The van der Waals surface area contributed by atoms with E-state index in [0.717, 1.165) is 28.2 Å². The molecule has 0 fully saturated rings. The number of hydrogen-bond acceptors (Lipinski definition) is 3. The first kappa shape index (κ1) is 15.1. The molecule has 0 aliphatic carbocycles. The van der Waals surface area contributed by atoms with Crippen molar-refractivity contribution in [2.75, 3.05) is 11.9 Å². The quantitative estimate of drug-likeness (QED) is 0.804. The number of carbonyl (C=O) groups is 1. The Morgan fingerprint density at radius 3 is 2.83 bits per heavy atom. The molecule has 0 unspecified atom stereocenters. The zero-order valence-corrected chi connectivity index (χ0v) is 13.5. The Hall–Kier alpha value is -2.82. The SMILES string of the molecule is Cc1ccc(C)c(OCC(=O)Nc2ccc3nc(C)cn3c2)c1. The molecule has 118 valence electrons. The van der Waals surface area contributed by atoms with Crippen LogP contribution in [-0.4, -0.2) is 21.9 Å². The lowest BCUT2D eigenvalue weighted by atomic mass is 10.1. The van der Waals surface area contributed by atoms with Crippen LogP contribution in [0.15, 0.2) is 42.7 Å². The average Bonchev–Trinajstić information content (AvgIpc) is 2.87. The molecule has 3 aromatic rings. The predicted octanol–water partition coefficient (Wildman–Crippen LogP) is 3.28. The predicted molar refractivity (Wildman–Crippen MR) is 90.0 cm³/mol. The van der Waals surface area contributed by atoms with Gasteiger partial charge in [-0.3, -0.25) is 4.79 Å². The summed E-state index contributed by atoms with van der Waals surface area (Å²) < 4.78 is 7.50. The number of rotatable bonds is 4. The van der Waals surface area contributed by atoms with E-state index in [0.29, 0.717) is 5.69 Å². The Labute approximate surface area is 134 Å². The molecule has 0 saturated heterocycles. The zero-order chi connectivity index (χ0) is 16.4. The minimum Gasteiger partial charge on any atom is -0.483 e. The number of nitrogens with one attached hydrogen (secondary N) is 1. The van der Waals surface area contributed by atoms with Crippen LogP contribution in [0.25, 0.3) is 5.65 Å². The summed E-state index contributed by atoms with van der Waals surface area (Å²) in [7, 11) is 0. The van der Waals surface area contributed by atoms with Crippen molar-refractivity contribution < 1.29 is 9.53 Å². The van der Waals surface area contributed by atoms with Gasteiger partial charge in [0.2, 0.25) is 0 Å². The molecule has 0 aliphatic heterocycles. The van der Waals surface area contributed by atoms with Gasteiger partial charge in [-0.1, -0.05) is 12.1 Å². The van der Waals surface area contributed by atoms with Gasteiger partial charge in [-0.2, -0.15) is 0 Å². The van der Waals surface area contributed by atoms with E-state index in [1.54, 1.807) is 0 Å². The van der Waals surface area contributed by atoms with E-state index in [1.807, 2.05) is 67.9 Å². The summed E-state index contributed by atoms with van der Waals surface area (Å²) in [6.45, 7) is 5.87. The van der Waals surface area contributed by atoms with E-state index in [9.17, 15) is 4.79 Å². The summed E-state index contributed by atoms with van der Waals surface area (Å²) >= 11 is 0. The number of imidazole rings is 1. The Balaban J connectivity index is 1.65. The van der Waals surface area contributed by atoms with Crippen molar-refractivity contribution in [3.63, 3.8) is 0 Å². The lowest BCUT2D eigenvalue weighted by molar-refractivity contribution is -0.118. The standard InChI is InChI=1S/C18H19N3O2/c1-12-4-5-13(2)16(8-12)23-11-18(22)20-15-6-7-17-19-14(3)9-21(17)10-15/h4-10H,11H2,1-3H3,(H,20,22). The fraction of sp³-hybridized carbons (Fsp3) is 0.222. The number of ether oxygens (including phenoxy) is 1. The smallest absolute Gasteiger partial charge is 0.262 e. The molecule has 0 atom stereocenters. The first-order chi connectivity index (χ1) is 11.0. The van der Waals surface area contributed by atoms with E-state index in [1.165, 1.54) is 0 Å². The van der Waals surface area contributed by atoms with Gasteiger partial charge in [0.05, 0.1) is 11.4 Å². The first-order valence-electron chi connectivity index (χ1n) is 7.46. The summed E-state index contributed by atoms with van der Waals surface area (Å²) in [5.74, 6) is 0.544. The highest BCUT2D eigenvalue weighted by Crippen LogP contribution is 2.19. The monoisotopic (exact) mass is 309 g/mol. The fourth-order valence-corrected chi connectivity index (χ4v) is 2.40. The molecular formula is C18H19N3O2. The maximum atomic E-state index is 12.1.